The molecule has 0 radical (unpaired) electrons. The molecule has 3 rings (SSSR count). The summed E-state index contributed by atoms with van der Waals surface area (Å²) in [6, 6.07) is 12.2. The topological polar surface area (TPSA) is 12.0 Å². The predicted octanol–water partition coefficient (Wildman–Crippen LogP) is 4.40. The molecule has 0 aromatic heterocycles. The predicted molar refractivity (Wildman–Crippen MR) is 82.0 cm³/mol. The van der Waals surface area contributed by atoms with Crippen molar-refractivity contribution in [2.45, 2.75) is 57.5 Å². The Kier molecular flexibility index (Phi) is 4.03. The maximum atomic E-state index is 3.87. The van der Waals surface area contributed by atoms with Crippen molar-refractivity contribution in [2.75, 3.05) is 0 Å². The normalized spacial score (nSPS) is 28.4. The Labute approximate surface area is 117 Å². The van der Waals surface area contributed by atoms with Gasteiger partial charge in [0.05, 0.1) is 0 Å². The van der Waals surface area contributed by atoms with Crippen molar-refractivity contribution >= 4 is 6.08 Å². The number of hydrogen-bond acceptors (Lipinski definition) is 1. The molecule has 1 aromatic rings. The first-order chi connectivity index (χ1) is 9.33. The van der Waals surface area contributed by atoms with Gasteiger partial charge in [0.15, 0.2) is 0 Å². The Hall–Kier alpha value is -1.08. The number of benzene rings is 1. The van der Waals surface area contributed by atoms with Crippen LogP contribution in [0.15, 0.2) is 35.9 Å². The fourth-order valence-electron chi connectivity index (χ4n) is 3.37. The molecule has 102 valence electrons. The van der Waals surface area contributed by atoms with E-state index in [4.69, 9.17) is 0 Å². The van der Waals surface area contributed by atoms with Crippen LogP contribution < -0.4 is 5.32 Å². The summed E-state index contributed by atoms with van der Waals surface area (Å²) in [5, 5.41) is 3.87. The van der Waals surface area contributed by atoms with Crippen LogP contribution in [-0.4, -0.2) is 12.1 Å². The smallest absolute Gasteiger partial charge is 0.0142 e. The van der Waals surface area contributed by atoms with E-state index in [9.17, 15) is 0 Å². The fourth-order valence-corrected chi connectivity index (χ4v) is 3.37. The highest BCUT2D eigenvalue weighted by Gasteiger charge is 2.39. The minimum atomic E-state index is 0.753. The van der Waals surface area contributed by atoms with Gasteiger partial charge in [0, 0.05) is 12.1 Å². The minimum absolute atomic E-state index is 0.753. The van der Waals surface area contributed by atoms with E-state index in [0.29, 0.717) is 0 Å². The molecule has 2 saturated carbocycles. The molecule has 0 spiro atoms. The molecular weight excluding hydrogens is 230 g/mol. The van der Waals surface area contributed by atoms with E-state index < -0.39 is 0 Å². The van der Waals surface area contributed by atoms with Crippen molar-refractivity contribution in [1.82, 2.24) is 5.32 Å². The molecule has 0 saturated heterocycles. The average molecular weight is 255 g/mol. The van der Waals surface area contributed by atoms with Crippen molar-refractivity contribution in [2.24, 2.45) is 5.92 Å². The lowest BCUT2D eigenvalue weighted by Gasteiger charge is -2.23. The van der Waals surface area contributed by atoms with Crippen molar-refractivity contribution in [3.05, 3.63) is 41.5 Å². The van der Waals surface area contributed by atoms with E-state index in [2.05, 4.69) is 48.6 Å². The average Bonchev–Trinajstić information content (AvgIpc) is 3.20. The van der Waals surface area contributed by atoms with Gasteiger partial charge in [-0.25, -0.2) is 0 Å². The lowest BCUT2D eigenvalue weighted by molar-refractivity contribution is 0.368. The molecule has 0 aliphatic heterocycles. The SMILES string of the molecule is C/C(=C\c1ccccc1)[C@@H]1CC1NC1CCCCC1. The van der Waals surface area contributed by atoms with Crippen molar-refractivity contribution < 1.29 is 0 Å². The van der Waals surface area contributed by atoms with Crippen LogP contribution in [0, 0.1) is 5.92 Å². The maximum absolute atomic E-state index is 3.87. The first kappa shape index (κ1) is 12.9. The van der Waals surface area contributed by atoms with Gasteiger partial charge in [-0.15, -0.1) is 0 Å². The first-order valence-electron chi connectivity index (χ1n) is 7.82. The van der Waals surface area contributed by atoms with Gasteiger partial charge >= 0.3 is 0 Å². The summed E-state index contributed by atoms with van der Waals surface area (Å²) in [5.41, 5.74) is 2.88. The molecule has 19 heavy (non-hydrogen) atoms. The largest absolute Gasteiger partial charge is 0.311 e. The second kappa shape index (κ2) is 5.92. The van der Waals surface area contributed by atoms with Crippen LogP contribution in [0.5, 0.6) is 0 Å². The molecule has 2 fully saturated rings. The van der Waals surface area contributed by atoms with Gasteiger partial charge in [0.25, 0.3) is 0 Å². The Morgan fingerprint density at radius 3 is 2.58 bits per heavy atom. The summed E-state index contributed by atoms with van der Waals surface area (Å²) in [7, 11) is 0. The molecule has 2 aliphatic carbocycles. The van der Waals surface area contributed by atoms with Gasteiger partial charge in [-0.05, 0) is 37.7 Å². The Bertz CT molecular complexity index is 428. The molecule has 2 atom stereocenters. The molecule has 0 bridgehead atoms. The van der Waals surface area contributed by atoms with E-state index in [1.807, 2.05) is 0 Å². The minimum Gasteiger partial charge on any atom is -0.311 e. The van der Waals surface area contributed by atoms with Gasteiger partial charge in [-0.1, -0.05) is 61.2 Å². The van der Waals surface area contributed by atoms with Gasteiger partial charge in [-0.2, -0.15) is 0 Å². The van der Waals surface area contributed by atoms with Crippen LogP contribution in [0.2, 0.25) is 0 Å². The van der Waals surface area contributed by atoms with Crippen LogP contribution in [-0.2, 0) is 0 Å². The second-order valence-corrected chi connectivity index (χ2v) is 6.25. The van der Waals surface area contributed by atoms with Crippen molar-refractivity contribution in [3.8, 4) is 0 Å². The second-order valence-electron chi connectivity index (χ2n) is 6.25. The Balaban J connectivity index is 1.52. The van der Waals surface area contributed by atoms with Gasteiger partial charge in [0.1, 0.15) is 0 Å². The van der Waals surface area contributed by atoms with Gasteiger partial charge < -0.3 is 5.32 Å². The van der Waals surface area contributed by atoms with Crippen LogP contribution in [0.4, 0.5) is 0 Å². The molecule has 1 unspecified atom stereocenters. The monoisotopic (exact) mass is 255 g/mol. The highest BCUT2D eigenvalue weighted by molar-refractivity contribution is 5.53. The van der Waals surface area contributed by atoms with E-state index in [1.54, 1.807) is 5.57 Å². The highest BCUT2D eigenvalue weighted by atomic mass is 15.0. The van der Waals surface area contributed by atoms with Gasteiger partial charge in [-0.3, -0.25) is 0 Å². The third-order valence-corrected chi connectivity index (χ3v) is 4.62. The third-order valence-electron chi connectivity index (χ3n) is 4.62. The standard InChI is InChI=1S/C18H25N/c1-14(12-15-8-4-2-5-9-15)17-13-18(17)19-16-10-6-3-7-11-16/h2,4-5,8-9,12,16-19H,3,6-7,10-11,13H2,1H3/b14-12+/t17-,18?/m0/s1. The van der Waals surface area contributed by atoms with E-state index >= 15 is 0 Å². The molecule has 1 heteroatoms. The van der Waals surface area contributed by atoms with E-state index in [-0.39, 0.29) is 0 Å². The molecule has 2 aliphatic rings. The van der Waals surface area contributed by atoms with Crippen molar-refractivity contribution in [1.29, 1.82) is 0 Å². The maximum Gasteiger partial charge on any atom is 0.0142 e. The van der Waals surface area contributed by atoms with Crippen LogP contribution in [0.1, 0.15) is 51.0 Å². The van der Waals surface area contributed by atoms with Crippen LogP contribution >= 0.6 is 0 Å². The molecule has 1 nitrogen and oxygen atoms in total. The first-order valence-corrected chi connectivity index (χ1v) is 7.82. The summed E-state index contributed by atoms with van der Waals surface area (Å²) in [6.45, 7) is 2.29. The fraction of sp³-hybridized carbons (Fsp3) is 0.556. The zero-order chi connectivity index (χ0) is 13.1. The lowest BCUT2D eigenvalue weighted by Crippen LogP contribution is -2.33. The molecule has 1 N–H and O–H groups in total. The number of hydrogen-bond donors (Lipinski definition) is 1. The summed E-state index contributed by atoms with van der Waals surface area (Å²) >= 11 is 0. The van der Waals surface area contributed by atoms with Crippen molar-refractivity contribution in [3.63, 3.8) is 0 Å². The van der Waals surface area contributed by atoms with Gasteiger partial charge in [0.2, 0.25) is 0 Å². The summed E-state index contributed by atoms with van der Waals surface area (Å²) in [5.74, 6) is 0.780. The zero-order valence-corrected chi connectivity index (χ0v) is 11.9. The van der Waals surface area contributed by atoms with Crippen LogP contribution in [0.25, 0.3) is 6.08 Å². The van der Waals surface area contributed by atoms with E-state index in [1.165, 1.54) is 44.1 Å². The molecule has 0 heterocycles. The summed E-state index contributed by atoms with van der Waals surface area (Å²) < 4.78 is 0. The quantitative estimate of drug-likeness (QED) is 0.841. The summed E-state index contributed by atoms with van der Waals surface area (Å²) in [6.07, 6.45) is 10.8. The van der Waals surface area contributed by atoms with E-state index in [0.717, 1.165) is 18.0 Å². The highest BCUT2D eigenvalue weighted by Crippen LogP contribution is 2.39. The third kappa shape index (κ3) is 3.48. The lowest BCUT2D eigenvalue weighted by atomic mass is 9.95. The Morgan fingerprint density at radius 1 is 1.11 bits per heavy atom. The number of rotatable bonds is 4. The number of nitrogens with one attached hydrogen (secondary N) is 1. The Morgan fingerprint density at radius 2 is 1.84 bits per heavy atom. The van der Waals surface area contributed by atoms with Crippen LogP contribution in [0.3, 0.4) is 0 Å². The molecule has 1 aromatic carbocycles. The molecule has 0 amide bonds. The summed E-state index contributed by atoms with van der Waals surface area (Å²) in [4.78, 5) is 0. The molecular formula is C18H25N. The zero-order valence-electron chi connectivity index (χ0n) is 11.9.